The van der Waals surface area contributed by atoms with Gasteiger partial charge < -0.3 is 4.57 Å². The molecule has 2 heterocycles. The SMILES string of the molecule is FC(F)CSc1nnc(Cc2cccs2)n1C1CCCCC1. The van der Waals surface area contributed by atoms with Gasteiger partial charge in [-0.1, -0.05) is 37.1 Å². The summed E-state index contributed by atoms with van der Waals surface area (Å²) in [5.41, 5.74) is 0. The molecule has 22 heavy (non-hydrogen) atoms. The normalized spacial score (nSPS) is 16.5. The summed E-state index contributed by atoms with van der Waals surface area (Å²) < 4.78 is 27.2. The highest BCUT2D eigenvalue weighted by molar-refractivity contribution is 7.99. The quantitative estimate of drug-likeness (QED) is 0.706. The van der Waals surface area contributed by atoms with Crippen LogP contribution in [0.3, 0.4) is 0 Å². The number of thioether (sulfide) groups is 1. The standard InChI is InChI=1S/C15H19F2N3S2/c16-13(17)10-22-15-19-18-14(9-12-7-4-8-21-12)20(15)11-5-2-1-3-6-11/h4,7-8,11,13H,1-3,5-6,9-10H2. The lowest BCUT2D eigenvalue weighted by Crippen LogP contribution is -2.17. The molecule has 0 amide bonds. The lowest BCUT2D eigenvalue weighted by Gasteiger charge is -2.25. The minimum absolute atomic E-state index is 0.218. The Morgan fingerprint density at radius 1 is 1.27 bits per heavy atom. The lowest BCUT2D eigenvalue weighted by atomic mass is 9.95. The maximum Gasteiger partial charge on any atom is 0.248 e. The van der Waals surface area contributed by atoms with Gasteiger partial charge in [0.2, 0.25) is 6.43 Å². The molecule has 0 aliphatic heterocycles. The van der Waals surface area contributed by atoms with E-state index in [9.17, 15) is 8.78 Å². The number of aromatic nitrogens is 3. The van der Waals surface area contributed by atoms with Crippen LogP contribution in [-0.4, -0.2) is 26.9 Å². The van der Waals surface area contributed by atoms with Crippen LogP contribution in [0.25, 0.3) is 0 Å². The highest BCUT2D eigenvalue weighted by Crippen LogP contribution is 2.33. The predicted octanol–water partition coefficient (Wildman–Crippen LogP) is 4.79. The molecule has 120 valence electrons. The van der Waals surface area contributed by atoms with Gasteiger partial charge >= 0.3 is 0 Å². The van der Waals surface area contributed by atoms with Crippen molar-refractivity contribution >= 4 is 23.1 Å². The second kappa shape index (κ2) is 7.55. The molecule has 1 fully saturated rings. The van der Waals surface area contributed by atoms with E-state index < -0.39 is 6.43 Å². The largest absolute Gasteiger partial charge is 0.303 e. The Hall–Kier alpha value is -0.950. The van der Waals surface area contributed by atoms with Gasteiger partial charge in [-0.05, 0) is 24.3 Å². The summed E-state index contributed by atoms with van der Waals surface area (Å²) in [6, 6.07) is 4.46. The molecule has 0 spiro atoms. The Morgan fingerprint density at radius 2 is 2.09 bits per heavy atom. The van der Waals surface area contributed by atoms with Gasteiger partial charge in [-0.3, -0.25) is 0 Å². The van der Waals surface area contributed by atoms with E-state index in [0.717, 1.165) is 36.8 Å². The highest BCUT2D eigenvalue weighted by Gasteiger charge is 2.23. The minimum Gasteiger partial charge on any atom is -0.303 e. The van der Waals surface area contributed by atoms with Gasteiger partial charge in [0.25, 0.3) is 0 Å². The predicted molar refractivity (Wildman–Crippen MR) is 86.0 cm³/mol. The van der Waals surface area contributed by atoms with Gasteiger partial charge in [-0.25, -0.2) is 8.78 Å². The van der Waals surface area contributed by atoms with E-state index in [1.807, 2.05) is 11.4 Å². The molecule has 2 aromatic rings. The summed E-state index contributed by atoms with van der Waals surface area (Å²) in [4.78, 5) is 1.23. The van der Waals surface area contributed by atoms with Gasteiger partial charge in [-0.2, -0.15) is 0 Å². The van der Waals surface area contributed by atoms with Crippen molar-refractivity contribution in [1.82, 2.24) is 14.8 Å². The van der Waals surface area contributed by atoms with Crippen molar-refractivity contribution < 1.29 is 8.78 Å². The molecule has 3 rings (SSSR count). The molecule has 7 heteroatoms. The first-order chi connectivity index (χ1) is 10.7. The fraction of sp³-hybridized carbons (Fsp3) is 0.600. The van der Waals surface area contributed by atoms with Crippen LogP contribution >= 0.6 is 23.1 Å². The summed E-state index contributed by atoms with van der Waals surface area (Å²) in [7, 11) is 0. The van der Waals surface area contributed by atoms with Crippen molar-refractivity contribution in [2.24, 2.45) is 0 Å². The fourth-order valence-corrected chi connectivity index (χ4v) is 4.41. The van der Waals surface area contributed by atoms with Crippen LogP contribution in [0.5, 0.6) is 0 Å². The lowest BCUT2D eigenvalue weighted by molar-refractivity contribution is 0.176. The van der Waals surface area contributed by atoms with Crippen LogP contribution in [0.1, 0.15) is 48.8 Å². The number of alkyl halides is 2. The molecule has 3 nitrogen and oxygen atoms in total. The van der Waals surface area contributed by atoms with Crippen molar-refractivity contribution in [2.45, 2.75) is 56.1 Å². The zero-order valence-corrected chi connectivity index (χ0v) is 13.9. The number of hydrogen-bond acceptors (Lipinski definition) is 4. The van der Waals surface area contributed by atoms with Gasteiger partial charge in [0.05, 0.1) is 5.75 Å². The van der Waals surface area contributed by atoms with Gasteiger partial charge in [0.1, 0.15) is 5.82 Å². The number of hydrogen-bond donors (Lipinski definition) is 0. The maximum atomic E-state index is 12.5. The summed E-state index contributed by atoms with van der Waals surface area (Å²) in [6.45, 7) is 0. The van der Waals surface area contributed by atoms with E-state index in [1.165, 1.54) is 24.1 Å². The summed E-state index contributed by atoms with van der Waals surface area (Å²) in [5.74, 6) is 0.690. The Kier molecular flexibility index (Phi) is 5.46. The highest BCUT2D eigenvalue weighted by atomic mass is 32.2. The maximum absolute atomic E-state index is 12.5. The third-order valence-electron chi connectivity index (χ3n) is 3.93. The number of rotatable bonds is 6. The average Bonchev–Trinajstić information content (AvgIpc) is 3.16. The van der Waals surface area contributed by atoms with Crippen molar-refractivity contribution in [3.8, 4) is 0 Å². The second-order valence-electron chi connectivity index (χ2n) is 5.52. The Balaban J connectivity index is 1.84. The molecule has 1 aliphatic rings. The second-order valence-corrected chi connectivity index (χ2v) is 7.54. The summed E-state index contributed by atoms with van der Waals surface area (Å²) >= 11 is 2.82. The summed E-state index contributed by atoms with van der Waals surface area (Å²) in [6.07, 6.45) is 4.26. The van der Waals surface area contributed by atoms with E-state index in [-0.39, 0.29) is 5.75 Å². The van der Waals surface area contributed by atoms with Crippen LogP contribution in [0.15, 0.2) is 22.7 Å². The van der Waals surface area contributed by atoms with Gasteiger partial charge in [0, 0.05) is 17.3 Å². The Morgan fingerprint density at radius 3 is 2.77 bits per heavy atom. The molecular weight excluding hydrogens is 324 g/mol. The molecule has 2 aromatic heterocycles. The van der Waals surface area contributed by atoms with E-state index in [2.05, 4.69) is 20.8 Å². The molecule has 0 bridgehead atoms. The van der Waals surface area contributed by atoms with E-state index >= 15 is 0 Å². The number of halogens is 2. The van der Waals surface area contributed by atoms with Crippen molar-refractivity contribution in [3.63, 3.8) is 0 Å². The molecule has 1 aliphatic carbocycles. The number of thiophene rings is 1. The average molecular weight is 343 g/mol. The minimum atomic E-state index is -2.32. The van der Waals surface area contributed by atoms with Gasteiger partial charge in [0.15, 0.2) is 5.16 Å². The van der Waals surface area contributed by atoms with E-state index in [4.69, 9.17) is 0 Å². The molecule has 0 atom stereocenters. The fourth-order valence-electron chi connectivity index (χ4n) is 2.94. The van der Waals surface area contributed by atoms with E-state index in [0.29, 0.717) is 11.2 Å². The Labute approximate surface area is 137 Å². The molecule has 0 radical (unpaired) electrons. The molecular formula is C15H19F2N3S2. The monoisotopic (exact) mass is 343 g/mol. The van der Waals surface area contributed by atoms with Crippen LogP contribution in [0, 0.1) is 0 Å². The number of nitrogens with zero attached hydrogens (tertiary/aromatic N) is 3. The zero-order chi connectivity index (χ0) is 15.4. The smallest absolute Gasteiger partial charge is 0.248 e. The van der Waals surface area contributed by atoms with Gasteiger partial charge in [-0.15, -0.1) is 21.5 Å². The molecule has 0 N–H and O–H groups in total. The third-order valence-corrected chi connectivity index (χ3v) is 5.76. The van der Waals surface area contributed by atoms with Crippen molar-refractivity contribution in [3.05, 3.63) is 28.2 Å². The first-order valence-electron chi connectivity index (χ1n) is 7.61. The Bertz CT molecular complexity index is 578. The molecule has 0 aromatic carbocycles. The van der Waals surface area contributed by atoms with E-state index in [1.54, 1.807) is 11.3 Å². The topological polar surface area (TPSA) is 30.7 Å². The summed E-state index contributed by atoms with van der Waals surface area (Å²) in [5, 5.41) is 11.2. The van der Waals surface area contributed by atoms with Crippen LogP contribution in [0.4, 0.5) is 8.78 Å². The zero-order valence-electron chi connectivity index (χ0n) is 12.3. The first-order valence-corrected chi connectivity index (χ1v) is 9.47. The first kappa shape index (κ1) is 15.9. The van der Waals surface area contributed by atoms with Crippen LogP contribution < -0.4 is 0 Å². The van der Waals surface area contributed by atoms with Crippen molar-refractivity contribution in [1.29, 1.82) is 0 Å². The third kappa shape index (κ3) is 3.87. The van der Waals surface area contributed by atoms with Crippen molar-refractivity contribution in [2.75, 3.05) is 5.75 Å². The molecule has 1 saturated carbocycles. The van der Waals surface area contributed by atoms with Crippen LogP contribution in [0.2, 0.25) is 0 Å². The molecule has 0 saturated heterocycles. The van der Waals surface area contributed by atoms with Crippen LogP contribution in [-0.2, 0) is 6.42 Å². The molecule has 0 unspecified atom stereocenters.